The number of phenolic OH excluding ortho intramolecular Hbond substituents is 1. The van der Waals surface area contributed by atoms with Crippen LogP contribution < -0.4 is 55.3 Å². The molecular formula is C41H62N12O10. The number of nitrogens with one attached hydrogen (secondary N) is 5. The number of amides is 5. The van der Waals surface area contributed by atoms with E-state index in [1.54, 1.807) is 56.3 Å². The van der Waals surface area contributed by atoms with Gasteiger partial charge in [-0.05, 0) is 67.7 Å². The summed E-state index contributed by atoms with van der Waals surface area (Å²) in [6, 6.07) is 6.44. The third-order valence-electron chi connectivity index (χ3n) is 9.86. The highest BCUT2D eigenvalue weighted by atomic mass is 16.4. The maximum absolute atomic E-state index is 14.1. The van der Waals surface area contributed by atoms with Crippen molar-refractivity contribution in [3.8, 4) is 5.75 Å². The maximum atomic E-state index is 14.1. The van der Waals surface area contributed by atoms with E-state index >= 15 is 0 Å². The zero-order chi connectivity index (χ0) is 47.1. The number of nitrogens with zero attached hydrogens (tertiary/aromatic N) is 2. The first-order valence-electron chi connectivity index (χ1n) is 20.5. The molecule has 18 N–H and O–H groups in total. The highest BCUT2D eigenvalue weighted by Crippen LogP contribution is 2.13. The number of rotatable bonds is 28. The van der Waals surface area contributed by atoms with Crippen molar-refractivity contribution in [2.45, 2.75) is 108 Å². The van der Waals surface area contributed by atoms with Gasteiger partial charge in [-0.3, -0.25) is 38.8 Å². The molecule has 63 heavy (non-hydrogen) atoms. The second-order valence-corrected chi connectivity index (χ2v) is 15.0. The van der Waals surface area contributed by atoms with E-state index in [1.165, 1.54) is 12.1 Å². The normalized spacial score (nSPS) is 14.1. The smallest absolute Gasteiger partial charge is 0.326 e. The first kappa shape index (κ1) is 52.2. The number of hydrogen-bond acceptors (Lipinski definition) is 11. The Hall–Kier alpha value is -6.97. The third-order valence-corrected chi connectivity index (χ3v) is 9.86. The van der Waals surface area contributed by atoms with Gasteiger partial charge in [0.05, 0.1) is 6.04 Å². The molecule has 2 aromatic rings. The minimum Gasteiger partial charge on any atom is -0.508 e. The Balaban J connectivity index is 2.44. The van der Waals surface area contributed by atoms with E-state index in [0.29, 0.717) is 17.5 Å². The van der Waals surface area contributed by atoms with E-state index in [9.17, 15) is 48.9 Å². The van der Waals surface area contributed by atoms with Crippen LogP contribution in [0.3, 0.4) is 0 Å². The molecule has 0 aliphatic heterocycles. The molecule has 2 aromatic carbocycles. The van der Waals surface area contributed by atoms with Gasteiger partial charge in [0.1, 0.15) is 36.0 Å². The van der Waals surface area contributed by atoms with Gasteiger partial charge in [0, 0.05) is 25.9 Å². The molecule has 2 rings (SSSR count). The molecule has 0 bridgehead atoms. The van der Waals surface area contributed by atoms with Crippen molar-refractivity contribution in [3.63, 3.8) is 0 Å². The van der Waals surface area contributed by atoms with Gasteiger partial charge in [0.25, 0.3) is 0 Å². The second kappa shape index (κ2) is 27.1. The van der Waals surface area contributed by atoms with Gasteiger partial charge >= 0.3 is 11.9 Å². The number of carbonyl (C=O) groups excluding carboxylic acids is 5. The van der Waals surface area contributed by atoms with E-state index in [1.807, 2.05) is 0 Å². The quantitative estimate of drug-likeness (QED) is 0.0251. The first-order valence-corrected chi connectivity index (χ1v) is 20.5. The van der Waals surface area contributed by atoms with Crippen molar-refractivity contribution < 1.29 is 48.9 Å². The molecular weight excluding hydrogens is 821 g/mol. The van der Waals surface area contributed by atoms with Gasteiger partial charge in [-0.25, -0.2) is 4.79 Å². The molecule has 0 aliphatic carbocycles. The van der Waals surface area contributed by atoms with Crippen LogP contribution in [0, 0.1) is 5.92 Å². The highest BCUT2D eigenvalue weighted by Gasteiger charge is 2.34. The van der Waals surface area contributed by atoms with Crippen molar-refractivity contribution in [3.05, 3.63) is 65.7 Å². The zero-order valence-corrected chi connectivity index (χ0v) is 35.5. The van der Waals surface area contributed by atoms with Crippen LogP contribution >= 0.6 is 0 Å². The predicted octanol–water partition coefficient (Wildman–Crippen LogP) is -1.97. The van der Waals surface area contributed by atoms with E-state index in [4.69, 9.17) is 28.7 Å². The molecule has 22 nitrogen and oxygen atoms in total. The van der Waals surface area contributed by atoms with Gasteiger partial charge < -0.3 is 70.6 Å². The van der Waals surface area contributed by atoms with Crippen molar-refractivity contribution in [1.82, 2.24) is 26.6 Å². The third kappa shape index (κ3) is 20.0. The minimum absolute atomic E-state index is 0.0125. The van der Waals surface area contributed by atoms with Gasteiger partial charge in [-0.2, -0.15) is 0 Å². The number of carboxylic acid groups (broad SMARTS) is 2. The summed E-state index contributed by atoms with van der Waals surface area (Å²) >= 11 is 0. The molecule has 0 radical (unpaired) electrons. The highest BCUT2D eigenvalue weighted by molar-refractivity contribution is 5.96. The van der Waals surface area contributed by atoms with Gasteiger partial charge in [0.2, 0.25) is 29.5 Å². The van der Waals surface area contributed by atoms with Crippen molar-refractivity contribution in [1.29, 1.82) is 0 Å². The molecule has 346 valence electrons. The first-order chi connectivity index (χ1) is 29.8. The molecule has 7 atom stereocenters. The largest absolute Gasteiger partial charge is 0.508 e. The van der Waals surface area contributed by atoms with Crippen LogP contribution in [-0.2, 0) is 46.4 Å². The molecule has 0 saturated carbocycles. The Morgan fingerprint density at radius 3 is 1.52 bits per heavy atom. The van der Waals surface area contributed by atoms with Gasteiger partial charge in [0.15, 0.2) is 11.9 Å². The summed E-state index contributed by atoms with van der Waals surface area (Å²) in [4.78, 5) is 101. The summed E-state index contributed by atoms with van der Waals surface area (Å²) in [5.74, 6) is -7.69. The standard InChI is InChI=1S/C41H62N12O10/c1-3-23(2)33(39(62)63)53-37(60)29(12-8-20-48-41(45)46)50-38(61)31(22-24-9-5-4-6-10-24)52-36(59)30(17-18-32(55)56)51-35(58)28(11-7-19-47-40(43)44)49-34(57)27(42)21-25-13-15-26(54)16-14-25/h4-6,9-10,13-16,23,27-31,33,54H,3,7-8,11-12,17-22,42H2,1-2H3,(H,49,57)(H,50,61)(H,51,58)(H,52,59)(H,53,60)(H,55,56)(H,62,63)(H4,43,44,47)(H4,45,46,48)/t23-,27-,28-,29-,30-,31-,33-/m0/s1. The summed E-state index contributed by atoms with van der Waals surface area (Å²) in [5, 5.41) is 41.8. The van der Waals surface area contributed by atoms with Crippen molar-refractivity contribution in [2.24, 2.45) is 44.6 Å². The Kier molecular flexibility index (Phi) is 22.4. The van der Waals surface area contributed by atoms with Crippen LogP contribution in [0.1, 0.15) is 69.9 Å². The molecule has 5 amide bonds. The zero-order valence-electron chi connectivity index (χ0n) is 35.5. The minimum atomic E-state index is -1.56. The lowest BCUT2D eigenvalue weighted by atomic mass is 9.98. The molecule has 0 aliphatic rings. The fourth-order valence-electron chi connectivity index (χ4n) is 6.15. The van der Waals surface area contributed by atoms with E-state index in [0.717, 1.165) is 0 Å². The van der Waals surface area contributed by atoms with Crippen molar-refractivity contribution in [2.75, 3.05) is 13.1 Å². The van der Waals surface area contributed by atoms with Gasteiger partial charge in [-0.1, -0.05) is 62.7 Å². The van der Waals surface area contributed by atoms with E-state index in [-0.39, 0.29) is 69.3 Å². The van der Waals surface area contributed by atoms with Crippen LogP contribution in [0.4, 0.5) is 0 Å². The molecule has 22 heteroatoms. The average molecular weight is 883 g/mol. The number of hydrogen-bond donors (Lipinski definition) is 13. The number of aliphatic carboxylic acids is 2. The van der Waals surface area contributed by atoms with Crippen LogP contribution in [0.25, 0.3) is 0 Å². The molecule has 0 unspecified atom stereocenters. The molecule has 0 spiro atoms. The van der Waals surface area contributed by atoms with E-state index < -0.39 is 96.5 Å². The molecule has 0 saturated heterocycles. The lowest BCUT2D eigenvalue weighted by molar-refractivity contribution is -0.144. The Morgan fingerprint density at radius 1 is 0.603 bits per heavy atom. The summed E-state index contributed by atoms with van der Waals surface area (Å²) in [6.07, 6.45) is -0.425. The number of phenols is 1. The van der Waals surface area contributed by atoms with Crippen LogP contribution in [0.2, 0.25) is 0 Å². The Morgan fingerprint density at radius 2 is 1.05 bits per heavy atom. The predicted molar refractivity (Wildman–Crippen MR) is 233 cm³/mol. The molecule has 0 aromatic heterocycles. The number of aliphatic imine (C=N–C) groups is 2. The Bertz CT molecular complexity index is 1890. The summed E-state index contributed by atoms with van der Waals surface area (Å²) in [5.41, 5.74) is 29.1. The lowest BCUT2D eigenvalue weighted by Gasteiger charge is -2.28. The Labute approximate surface area is 365 Å². The second-order valence-electron chi connectivity index (χ2n) is 15.0. The topological polar surface area (TPSA) is 395 Å². The summed E-state index contributed by atoms with van der Waals surface area (Å²) in [6.45, 7) is 3.55. The van der Waals surface area contributed by atoms with Crippen LogP contribution in [-0.4, -0.2) is 118 Å². The maximum Gasteiger partial charge on any atom is 0.326 e. The summed E-state index contributed by atoms with van der Waals surface area (Å²) < 4.78 is 0. The number of nitrogens with two attached hydrogens (primary N) is 5. The summed E-state index contributed by atoms with van der Waals surface area (Å²) in [7, 11) is 0. The van der Waals surface area contributed by atoms with E-state index in [2.05, 4.69) is 36.6 Å². The molecule has 0 fully saturated rings. The monoisotopic (exact) mass is 882 g/mol. The fourth-order valence-corrected chi connectivity index (χ4v) is 6.15. The fraction of sp³-hybridized carbons (Fsp3) is 0.488. The molecule has 0 heterocycles. The number of aromatic hydroxyl groups is 1. The van der Waals surface area contributed by atoms with Crippen LogP contribution in [0.5, 0.6) is 5.75 Å². The van der Waals surface area contributed by atoms with Crippen molar-refractivity contribution >= 4 is 53.4 Å². The number of carbonyl (C=O) groups is 7. The SMILES string of the molecule is CC[C@H](C)[C@H](NC(=O)[C@H](CCCN=C(N)N)NC(=O)[C@H](Cc1ccccc1)NC(=O)[C@H](CCC(=O)O)NC(=O)[C@H](CCCN=C(N)N)NC(=O)[C@@H](N)Cc1ccc(O)cc1)C(=O)O. The number of carboxylic acids is 2. The number of guanidine groups is 2. The number of benzene rings is 2. The van der Waals surface area contributed by atoms with Crippen LogP contribution in [0.15, 0.2) is 64.6 Å². The van der Waals surface area contributed by atoms with Gasteiger partial charge in [-0.15, -0.1) is 0 Å². The lowest BCUT2D eigenvalue weighted by Crippen LogP contribution is -2.60. The average Bonchev–Trinajstić information content (AvgIpc) is 3.23.